The summed E-state index contributed by atoms with van der Waals surface area (Å²) in [6.45, 7) is 1.64. The van der Waals surface area contributed by atoms with E-state index in [4.69, 9.17) is 4.74 Å². The Bertz CT molecular complexity index is 769. The number of pyridine rings is 1. The molecule has 0 aliphatic carbocycles. The third kappa shape index (κ3) is 2.21. The summed E-state index contributed by atoms with van der Waals surface area (Å²) in [5.41, 5.74) is 4.12. The predicted molar refractivity (Wildman–Crippen MR) is 78.8 cm³/mol. The Hall–Kier alpha value is -2.21. The fourth-order valence-corrected chi connectivity index (χ4v) is 2.82. The summed E-state index contributed by atoms with van der Waals surface area (Å²) in [6.07, 6.45) is 9.74. The second-order valence-corrected chi connectivity index (χ2v) is 5.45. The first kappa shape index (κ1) is 12.5. The van der Waals surface area contributed by atoms with Crippen molar-refractivity contribution in [1.82, 2.24) is 24.5 Å². The van der Waals surface area contributed by atoms with Crippen LogP contribution in [0.15, 0.2) is 30.9 Å². The van der Waals surface area contributed by atoms with Crippen LogP contribution in [0.4, 0.5) is 0 Å². The molecule has 0 bridgehead atoms. The van der Waals surface area contributed by atoms with Crippen molar-refractivity contribution in [3.05, 3.63) is 30.9 Å². The Labute approximate surface area is 122 Å². The van der Waals surface area contributed by atoms with E-state index in [2.05, 4.69) is 32.1 Å². The zero-order valence-corrected chi connectivity index (χ0v) is 11.9. The molecule has 0 amide bonds. The molecule has 4 heterocycles. The molecule has 4 rings (SSSR count). The van der Waals surface area contributed by atoms with Crippen LogP contribution in [0.5, 0.6) is 0 Å². The van der Waals surface area contributed by atoms with E-state index in [1.54, 1.807) is 6.20 Å². The molecule has 3 aromatic heterocycles. The fourth-order valence-electron chi connectivity index (χ4n) is 2.82. The van der Waals surface area contributed by atoms with Gasteiger partial charge in [-0.2, -0.15) is 10.2 Å². The second kappa shape index (κ2) is 4.96. The van der Waals surface area contributed by atoms with Gasteiger partial charge in [0.1, 0.15) is 5.52 Å². The number of aromatic nitrogens is 5. The lowest BCUT2D eigenvalue weighted by molar-refractivity contribution is 0.0662. The van der Waals surface area contributed by atoms with Crippen molar-refractivity contribution < 1.29 is 4.74 Å². The van der Waals surface area contributed by atoms with Gasteiger partial charge in [-0.05, 0) is 18.9 Å². The third-order valence-corrected chi connectivity index (χ3v) is 4.10. The predicted octanol–water partition coefficient (Wildman–Crippen LogP) is 2.18. The lowest BCUT2D eigenvalue weighted by Crippen LogP contribution is -2.19. The molecular weight excluding hydrogens is 266 g/mol. The van der Waals surface area contributed by atoms with Crippen molar-refractivity contribution >= 4 is 11.0 Å². The van der Waals surface area contributed by atoms with Gasteiger partial charge < -0.3 is 4.74 Å². The molecule has 0 N–H and O–H groups in total. The molecule has 1 aliphatic rings. The molecule has 0 aromatic carbocycles. The number of ether oxygens (including phenoxy) is 1. The van der Waals surface area contributed by atoms with Crippen molar-refractivity contribution in [3.8, 4) is 11.1 Å². The quantitative estimate of drug-likeness (QED) is 0.723. The van der Waals surface area contributed by atoms with Gasteiger partial charge in [-0.25, -0.2) is 0 Å². The minimum atomic E-state index is 0.445. The maximum absolute atomic E-state index is 5.40. The van der Waals surface area contributed by atoms with Crippen molar-refractivity contribution in [2.75, 3.05) is 13.2 Å². The summed E-state index contributed by atoms with van der Waals surface area (Å²) in [6, 6.07) is 2.56. The van der Waals surface area contributed by atoms with Gasteiger partial charge in [-0.1, -0.05) is 0 Å². The lowest BCUT2D eigenvalue weighted by Gasteiger charge is -2.22. The molecular formula is C15H17N5O. The molecule has 108 valence electrons. The molecule has 6 heteroatoms. The molecule has 6 nitrogen and oxygen atoms in total. The van der Waals surface area contributed by atoms with Crippen molar-refractivity contribution in [2.24, 2.45) is 7.05 Å². The van der Waals surface area contributed by atoms with Crippen molar-refractivity contribution in [2.45, 2.75) is 18.9 Å². The van der Waals surface area contributed by atoms with Gasteiger partial charge in [-0.15, -0.1) is 0 Å². The van der Waals surface area contributed by atoms with Gasteiger partial charge >= 0.3 is 0 Å². The number of hydrogen-bond acceptors (Lipinski definition) is 4. The number of aryl methyl sites for hydroxylation is 1. The number of fused-ring (bicyclic) bond motifs is 1. The SMILES string of the molecule is Cn1ncc2ncc(-c3cnn(C4CCOCC4)c3)cc21. The van der Waals surface area contributed by atoms with Crippen LogP contribution in [0.2, 0.25) is 0 Å². The highest BCUT2D eigenvalue weighted by Gasteiger charge is 2.17. The van der Waals surface area contributed by atoms with E-state index >= 15 is 0 Å². The van der Waals surface area contributed by atoms with Crippen LogP contribution in [0, 0.1) is 0 Å². The molecule has 1 aliphatic heterocycles. The third-order valence-electron chi connectivity index (χ3n) is 4.10. The standard InChI is InChI=1S/C15H17N5O/c1-19-15-6-11(7-16-14(15)9-17-19)12-8-18-20(10-12)13-2-4-21-5-3-13/h6-10,13H,2-5H2,1H3. The van der Waals surface area contributed by atoms with E-state index in [0.717, 1.165) is 48.2 Å². The maximum atomic E-state index is 5.40. The Morgan fingerprint density at radius 3 is 2.81 bits per heavy atom. The van der Waals surface area contributed by atoms with Crippen molar-refractivity contribution in [3.63, 3.8) is 0 Å². The van der Waals surface area contributed by atoms with Crippen LogP contribution in [-0.2, 0) is 11.8 Å². The topological polar surface area (TPSA) is 57.8 Å². The van der Waals surface area contributed by atoms with Crippen LogP contribution >= 0.6 is 0 Å². The van der Waals surface area contributed by atoms with E-state index in [0.29, 0.717) is 6.04 Å². The Morgan fingerprint density at radius 1 is 1.10 bits per heavy atom. The first-order valence-corrected chi connectivity index (χ1v) is 7.21. The van der Waals surface area contributed by atoms with E-state index in [9.17, 15) is 0 Å². The average molecular weight is 283 g/mol. The molecule has 1 saturated heterocycles. The van der Waals surface area contributed by atoms with Crippen LogP contribution in [0.25, 0.3) is 22.2 Å². The normalized spacial score (nSPS) is 16.6. The van der Waals surface area contributed by atoms with Crippen molar-refractivity contribution in [1.29, 1.82) is 0 Å². The van der Waals surface area contributed by atoms with E-state index in [1.807, 2.05) is 24.1 Å². The smallest absolute Gasteiger partial charge is 0.108 e. The lowest BCUT2D eigenvalue weighted by atomic mass is 10.1. The highest BCUT2D eigenvalue weighted by molar-refractivity contribution is 5.79. The highest BCUT2D eigenvalue weighted by atomic mass is 16.5. The van der Waals surface area contributed by atoms with Gasteiger partial charge in [-0.3, -0.25) is 14.3 Å². The monoisotopic (exact) mass is 283 g/mol. The van der Waals surface area contributed by atoms with Gasteiger partial charge in [0, 0.05) is 43.8 Å². The molecule has 0 radical (unpaired) electrons. The Kier molecular flexibility index (Phi) is 2.96. The summed E-state index contributed by atoms with van der Waals surface area (Å²) in [7, 11) is 1.93. The molecule has 0 unspecified atom stereocenters. The minimum Gasteiger partial charge on any atom is -0.381 e. The number of nitrogens with zero attached hydrogens (tertiary/aromatic N) is 5. The van der Waals surface area contributed by atoms with E-state index < -0.39 is 0 Å². The van der Waals surface area contributed by atoms with Crippen LogP contribution in [0.1, 0.15) is 18.9 Å². The van der Waals surface area contributed by atoms with Gasteiger partial charge in [0.05, 0.1) is 24.0 Å². The second-order valence-electron chi connectivity index (χ2n) is 5.45. The number of rotatable bonds is 2. The summed E-state index contributed by atoms with van der Waals surface area (Å²) in [4.78, 5) is 4.46. The van der Waals surface area contributed by atoms with E-state index in [1.165, 1.54) is 0 Å². The highest BCUT2D eigenvalue weighted by Crippen LogP contribution is 2.25. The first-order valence-electron chi connectivity index (χ1n) is 7.21. The van der Waals surface area contributed by atoms with Crippen LogP contribution in [0.3, 0.4) is 0 Å². The average Bonchev–Trinajstić information content (AvgIpc) is 3.16. The number of hydrogen-bond donors (Lipinski definition) is 0. The summed E-state index contributed by atoms with van der Waals surface area (Å²) in [5.74, 6) is 0. The summed E-state index contributed by atoms with van der Waals surface area (Å²) in [5, 5.41) is 8.75. The summed E-state index contributed by atoms with van der Waals surface area (Å²) < 4.78 is 9.31. The van der Waals surface area contributed by atoms with Crippen LogP contribution < -0.4 is 0 Å². The Morgan fingerprint density at radius 2 is 1.95 bits per heavy atom. The van der Waals surface area contributed by atoms with Gasteiger partial charge in [0.15, 0.2) is 0 Å². The summed E-state index contributed by atoms with van der Waals surface area (Å²) >= 11 is 0. The fraction of sp³-hybridized carbons (Fsp3) is 0.400. The molecule has 0 spiro atoms. The molecule has 1 fully saturated rings. The zero-order chi connectivity index (χ0) is 14.2. The zero-order valence-electron chi connectivity index (χ0n) is 11.9. The molecule has 0 atom stereocenters. The molecule has 0 saturated carbocycles. The molecule has 21 heavy (non-hydrogen) atoms. The maximum Gasteiger partial charge on any atom is 0.108 e. The van der Waals surface area contributed by atoms with Crippen LogP contribution in [-0.4, -0.2) is 37.8 Å². The molecule has 3 aromatic rings. The Balaban J connectivity index is 1.68. The first-order chi connectivity index (χ1) is 10.3. The van der Waals surface area contributed by atoms with Gasteiger partial charge in [0.2, 0.25) is 0 Å². The van der Waals surface area contributed by atoms with Gasteiger partial charge in [0.25, 0.3) is 0 Å². The largest absolute Gasteiger partial charge is 0.381 e. The van der Waals surface area contributed by atoms with E-state index in [-0.39, 0.29) is 0 Å². The minimum absolute atomic E-state index is 0.445.